The topological polar surface area (TPSA) is 51.5 Å². The largest absolute Gasteiger partial charge is 0.495 e. The fourth-order valence-corrected chi connectivity index (χ4v) is 2.73. The molecule has 1 heterocycles. The summed E-state index contributed by atoms with van der Waals surface area (Å²) in [5.74, 6) is 2.06. The van der Waals surface area contributed by atoms with E-state index in [-0.39, 0.29) is 5.91 Å². The summed E-state index contributed by atoms with van der Waals surface area (Å²) in [6, 6.07) is 18.8. The lowest BCUT2D eigenvalue weighted by atomic mass is 10.2. The van der Waals surface area contributed by atoms with Crippen molar-refractivity contribution in [3.8, 4) is 17.1 Å². The van der Waals surface area contributed by atoms with Gasteiger partial charge in [-0.1, -0.05) is 41.9 Å². The van der Waals surface area contributed by atoms with Crippen molar-refractivity contribution in [3.05, 3.63) is 71.4 Å². The van der Waals surface area contributed by atoms with Gasteiger partial charge in [0.1, 0.15) is 17.3 Å². The highest BCUT2D eigenvalue weighted by Gasteiger charge is 2.09. The third kappa shape index (κ3) is 4.43. The van der Waals surface area contributed by atoms with E-state index >= 15 is 0 Å². The average Bonchev–Trinajstić information content (AvgIpc) is 3.10. The minimum Gasteiger partial charge on any atom is -0.495 e. The summed E-state index contributed by atoms with van der Waals surface area (Å²) in [4.78, 5) is 12.1. The van der Waals surface area contributed by atoms with Gasteiger partial charge in [0.05, 0.1) is 12.1 Å². The molecule has 3 aromatic rings. The predicted octanol–water partition coefficient (Wildman–Crippen LogP) is 5.18. The van der Waals surface area contributed by atoms with E-state index in [4.69, 9.17) is 20.8 Å². The Balaban J connectivity index is 1.56. The Morgan fingerprint density at radius 3 is 2.64 bits per heavy atom. The van der Waals surface area contributed by atoms with Crippen molar-refractivity contribution in [2.75, 3.05) is 12.4 Å². The van der Waals surface area contributed by atoms with Gasteiger partial charge in [0.15, 0.2) is 0 Å². The van der Waals surface area contributed by atoms with Crippen molar-refractivity contribution in [2.45, 2.75) is 12.8 Å². The summed E-state index contributed by atoms with van der Waals surface area (Å²) < 4.78 is 10.9. The van der Waals surface area contributed by atoms with Crippen LogP contribution in [0.15, 0.2) is 65.1 Å². The first-order valence-electron chi connectivity index (χ1n) is 7.93. The minimum atomic E-state index is -0.0982. The van der Waals surface area contributed by atoms with E-state index in [0.29, 0.717) is 29.3 Å². The quantitative estimate of drug-likeness (QED) is 0.662. The average molecular weight is 356 g/mol. The molecule has 0 saturated heterocycles. The lowest BCUT2D eigenvalue weighted by Crippen LogP contribution is -2.12. The van der Waals surface area contributed by atoms with Crippen molar-refractivity contribution in [1.29, 1.82) is 0 Å². The number of nitrogens with one attached hydrogen (secondary N) is 1. The van der Waals surface area contributed by atoms with Gasteiger partial charge in [-0.2, -0.15) is 0 Å². The van der Waals surface area contributed by atoms with Crippen LogP contribution in [0.1, 0.15) is 12.2 Å². The highest BCUT2D eigenvalue weighted by atomic mass is 35.5. The molecule has 0 saturated carbocycles. The molecule has 0 atom stereocenters. The van der Waals surface area contributed by atoms with E-state index in [1.54, 1.807) is 25.3 Å². The Morgan fingerprint density at radius 2 is 1.92 bits per heavy atom. The van der Waals surface area contributed by atoms with Gasteiger partial charge in [0.2, 0.25) is 5.91 Å². The summed E-state index contributed by atoms with van der Waals surface area (Å²) >= 11 is 6.06. The number of carbonyl (C=O) groups excluding carboxylic acids is 1. The Bertz CT molecular complexity index is 858. The number of benzene rings is 2. The number of hydrogen-bond acceptors (Lipinski definition) is 3. The molecule has 0 unspecified atom stereocenters. The fourth-order valence-electron chi connectivity index (χ4n) is 2.47. The van der Waals surface area contributed by atoms with Crippen LogP contribution in [0.3, 0.4) is 0 Å². The number of amides is 1. The van der Waals surface area contributed by atoms with E-state index in [1.165, 1.54) is 0 Å². The molecule has 0 spiro atoms. The van der Waals surface area contributed by atoms with Crippen LogP contribution in [0.2, 0.25) is 5.02 Å². The predicted molar refractivity (Wildman–Crippen MR) is 99.1 cm³/mol. The number of methoxy groups -OCH3 is 1. The molecule has 5 heteroatoms. The molecule has 1 N–H and O–H groups in total. The summed E-state index contributed by atoms with van der Waals surface area (Å²) in [7, 11) is 1.55. The number of ether oxygens (including phenoxy) is 1. The summed E-state index contributed by atoms with van der Waals surface area (Å²) in [6.07, 6.45) is 0.855. The van der Waals surface area contributed by atoms with Gasteiger partial charge in [0, 0.05) is 24.1 Å². The Labute approximate surface area is 151 Å². The number of anilines is 1. The molecular weight excluding hydrogens is 338 g/mol. The second kappa shape index (κ2) is 7.90. The molecular formula is C20H18ClNO3. The molecule has 128 valence electrons. The maximum Gasteiger partial charge on any atom is 0.224 e. The molecule has 4 nitrogen and oxygen atoms in total. The monoisotopic (exact) mass is 355 g/mol. The zero-order valence-electron chi connectivity index (χ0n) is 13.8. The Morgan fingerprint density at radius 1 is 1.12 bits per heavy atom. The highest BCUT2D eigenvalue weighted by Crippen LogP contribution is 2.27. The van der Waals surface area contributed by atoms with E-state index in [1.807, 2.05) is 42.5 Å². The summed E-state index contributed by atoms with van der Waals surface area (Å²) in [6.45, 7) is 0. The number of hydrogen-bond donors (Lipinski definition) is 1. The van der Waals surface area contributed by atoms with Crippen molar-refractivity contribution in [1.82, 2.24) is 0 Å². The lowest BCUT2D eigenvalue weighted by molar-refractivity contribution is -0.116. The van der Waals surface area contributed by atoms with E-state index in [0.717, 1.165) is 17.1 Å². The summed E-state index contributed by atoms with van der Waals surface area (Å²) in [5, 5.41) is 3.28. The molecule has 0 aliphatic rings. The molecule has 1 amide bonds. The Kier molecular flexibility index (Phi) is 5.41. The van der Waals surface area contributed by atoms with Gasteiger partial charge in [-0.3, -0.25) is 4.79 Å². The van der Waals surface area contributed by atoms with Crippen molar-refractivity contribution >= 4 is 23.2 Å². The molecule has 0 radical (unpaired) electrons. The van der Waals surface area contributed by atoms with Gasteiger partial charge in [-0.05, 0) is 30.3 Å². The van der Waals surface area contributed by atoms with E-state index < -0.39 is 0 Å². The number of aryl methyl sites for hydroxylation is 1. The van der Waals surface area contributed by atoms with Crippen molar-refractivity contribution in [3.63, 3.8) is 0 Å². The van der Waals surface area contributed by atoms with Crippen LogP contribution in [0.5, 0.6) is 5.75 Å². The molecule has 3 rings (SSSR count). The van der Waals surface area contributed by atoms with Crippen LogP contribution in [0.25, 0.3) is 11.3 Å². The van der Waals surface area contributed by atoms with Gasteiger partial charge in [0.25, 0.3) is 0 Å². The van der Waals surface area contributed by atoms with Gasteiger partial charge >= 0.3 is 0 Å². The molecule has 0 aliphatic heterocycles. The molecule has 0 bridgehead atoms. The third-order valence-electron chi connectivity index (χ3n) is 3.75. The van der Waals surface area contributed by atoms with Gasteiger partial charge < -0.3 is 14.5 Å². The summed E-state index contributed by atoms with van der Waals surface area (Å²) in [5.41, 5.74) is 1.66. The molecule has 0 aliphatic carbocycles. The maximum absolute atomic E-state index is 12.1. The standard InChI is InChI=1S/C20H18ClNO3/c1-24-19-10-7-15(13-17(19)21)22-20(23)12-9-16-8-11-18(25-16)14-5-3-2-4-6-14/h2-8,10-11,13H,9,12H2,1H3,(H,22,23). The fraction of sp³-hybridized carbons (Fsp3) is 0.150. The van der Waals surface area contributed by atoms with Crippen LogP contribution in [-0.4, -0.2) is 13.0 Å². The van der Waals surface area contributed by atoms with Crippen LogP contribution >= 0.6 is 11.6 Å². The second-order valence-electron chi connectivity index (χ2n) is 5.53. The van der Waals surface area contributed by atoms with Crippen molar-refractivity contribution in [2.24, 2.45) is 0 Å². The highest BCUT2D eigenvalue weighted by molar-refractivity contribution is 6.32. The molecule has 1 aromatic heterocycles. The number of rotatable bonds is 6. The third-order valence-corrected chi connectivity index (χ3v) is 4.05. The molecule has 2 aromatic carbocycles. The normalized spacial score (nSPS) is 10.5. The SMILES string of the molecule is COc1ccc(NC(=O)CCc2ccc(-c3ccccc3)o2)cc1Cl. The molecule has 0 fully saturated rings. The van der Waals surface area contributed by atoms with Crippen LogP contribution in [0, 0.1) is 0 Å². The van der Waals surface area contributed by atoms with Gasteiger partial charge in [-0.25, -0.2) is 0 Å². The Hall–Kier alpha value is -2.72. The second-order valence-corrected chi connectivity index (χ2v) is 5.94. The maximum atomic E-state index is 12.1. The minimum absolute atomic E-state index is 0.0982. The van der Waals surface area contributed by atoms with Crippen LogP contribution < -0.4 is 10.1 Å². The first kappa shape index (κ1) is 17.1. The van der Waals surface area contributed by atoms with Crippen LogP contribution in [-0.2, 0) is 11.2 Å². The zero-order chi connectivity index (χ0) is 17.6. The number of furan rings is 1. The first-order chi connectivity index (χ1) is 12.2. The first-order valence-corrected chi connectivity index (χ1v) is 8.31. The number of carbonyl (C=O) groups is 1. The van der Waals surface area contributed by atoms with Gasteiger partial charge in [-0.15, -0.1) is 0 Å². The smallest absolute Gasteiger partial charge is 0.224 e. The zero-order valence-corrected chi connectivity index (χ0v) is 14.5. The van der Waals surface area contributed by atoms with E-state index in [9.17, 15) is 4.79 Å². The molecule has 25 heavy (non-hydrogen) atoms. The lowest BCUT2D eigenvalue weighted by Gasteiger charge is -2.07. The van der Waals surface area contributed by atoms with Crippen LogP contribution in [0.4, 0.5) is 5.69 Å². The number of halogens is 1. The van der Waals surface area contributed by atoms with Crippen molar-refractivity contribution < 1.29 is 13.9 Å². The van der Waals surface area contributed by atoms with E-state index in [2.05, 4.69) is 5.32 Å².